The molecule has 0 bridgehead atoms. The zero-order valence-corrected chi connectivity index (χ0v) is 28.7. The zero-order valence-electron chi connectivity index (χ0n) is 27.2. The Labute approximate surface area is 281 Å². The minimum absolute atomic E-state index is 0.0731. The number of halogens is 2. The fourth-order valence-corrected chi connectivity index (χ4v) is 6.48. The molecule has 244 valence electrons. The highest BCUT2D eigenvalue weighted by molar-refractivity contribution is 6.30. The molecular formula is C35H41Cl2N5O4. The number of aliphatic imine (C=N–C) groups is 1. The molecule has 2 unspecified atom stereocenters. The number of piperazine rings is 1. The molecule has 3 aromatic rings. The van der Waals surface area contributed by atoms with Gasteiger partial charge in [-0.3, -0.25) is 9.89 Å². The average molecular weight is 667 g/mol. The van der Waals surface area contributed by atoms with Crippen molar-refractivity contribution in [1.82, 2.24) is 19.6 Å². The Balaban J connectivity index is 1.70. The van der Waals surface area contributed by atoms with Gasteiger partial charge >= 0.3 is 12.1 Å². The topological polar surface area (TPSA) is 77.9 Å². The third kappa shape index (κ3) is 6.48. The zero-order chi connectivity index (χ0) is 33.2. The van der Waals surface area contributed by atoms with Crippen LogP contribution >= 0.6 is 23.2 Å². The molecule has 1 fully saturated rings. The van der Waals surface area contributed by atoms with Gasteiger partial charge in [-0.1, -0.05) is 54.4 Å². The van der Waals surface area contributed by atoms with Crippen LogP contribution < -0.4 is 9.47 Å². The molecular weight excluding hydrogens is 625 g/mol. The van der Waals surface area contributed by atoms with Crippen molar-refractivity contribution in [3.63, 3.8) is 0 Å². The molecule has 3 aromatic carbocycles. The maximum absolute atomic E-state index is 14.9. The molecule has 9 nitrogen and oxygen atoms in total. The number of hydrogen-bond acceptors (Lipinski definition) is 5. The van der Waals surface area contributed by atoms with Gasteiger partial charge in [0.15, 0.2) is 0 Å². The highest BCUT2D eigenvalue weighted by atomic mass is 35.5. The summed E-state index contributed by atoms with van der Waals surface area (Å²) in [4.78, 5) is 40.1. The quantitative estimate of drug-likeness (QED) is 0.265. The van der Waals surface area contributed by atoms with E-state index in [-0.39, 0.29) is 18.2 Å². The van der Waals surface area contributed by atoms with Gasteiger partial charge in [0.1, 0.15) is 22.9 Å². The van der Waals surface area contributed by atoms with Gasteiger partial charge in [0, 0.05) is 56.4 Å². The van der Waals surface area contributed by atoms with Crippen LogP contribution in [0.25, 0.3) is 0 Å². The van der Waals surface area contributed by atoms with Crippen LogP contribution in [0.4, 0.5) is 9.59 Å². The fraction of sp³-hybridized carbons (Fsp3) is 0.400. The summed E-state index contributed by atoms with van der Waals surface area (Å²) in [7, 11) is 5.07. The van der Waals surface area contributed by atoms with Crippen LogP contribution in [0.3, 0.4) is 0 Å². The van der Waals surface area contributed by atoms with E-state index in [0.717, 1.165) is 11.1 Å². The first-order valence-electron chi connectivity index (χ1n) is 15.5. The van der Waals surface area contributed by atoms with E-state index in [1.54, 1.807) is 40.8 Å². The maximum Gasteiger partial charge on any atom is 0.326 e. The largest absolute Gasteiger partial charge is 0.497 e. The van der Waals surface area contributed by atoms with Crippen LogP contribution in [0.15, 0.2) is 71.7 Å². The van der Waals surface area contributed by atoms with Crippen LogP contribution in [0.1, 0.15) is 49.9 Å². The van der Waals surface area contributed by atoms with E-state index in [2.05, 4.69) is 6.92 Å². The molecule has 2 aliphatic rings. The molecule has 1 saturated heterocycles. The minimum atomic E-state index is -0.874. The smallest absolute Gasteiger partial charge is 0.326 e. The number of carbonyl (C=O) groups excluding carboxylic acids is 2. The third-order valence-electron chi connectivity index (χ3n) is 8.51. The third-order valence-corrected chi connectivity index (χ3v) is 9.02. The van der Waals surface area contributed by atoms with Crippen LogP contribution in [0.2, 0.25) is 10.0 Å². The van der Waals surface area contributed by atoms with Gasteiger partial charge < -0.3 is 24.2 Å². The summed E-state index contributed by atoms with van der Waals surface area (Å²) < 4.78 is 11.9. The van der Waals surface area contributed by atoms with Gasteiger partial charge in [-0.25, -0.2) is 9.59 Å². The highest BCUT2D eigenvalue weighted by Gasteiger charge is 2.53. The number of benzene rings is 3. The standard InChI is InChI=1S/C35H41Cl2N5O4/c1-7-35(25-10-14-27(37)15-11-25)31(24-8-12-26(36)13-9-24)42(34(44)41-20-18-40(19-21-41)33(43)39(4)5)32(38-35)29-17-16-28(45-6)22-30(29)46-23(2)3/h8-17,22-23,31H,7,18-21H2,1-6H3. The summed E-state index contributed by atoms with van der Waals surface area (Å²) in [6.07, 6.45) is 0.440. The number of nitrogens with zero attached hydrogens (tertiary/aromatic N) is 5. The number of rotatable bonds is 7. The Morgan fingerprint density at radius 3 is 2.07 bits per heavy atom. The Kier molecular flexibility index (Phi) is 10.0. The molecule has 0 N–H and O–H groups in total. The van der Waals surface area contributed by atoms with E-state index in [0.29, 0.717) is 65.5 Å². The number of ether oxygens (including phenoxy) is 2. The first-order valence-corrected chi connectivity index (χ1v) is 16.3. The molecule has 5 rings (SSSR count). The Morgan fingerprint density at radius 2 is 1.52 bits per heavy atom. The molecule has 4 amide bonds. The summed E-state index contributed by atoms with van der Waals surface area (Å²) in [5, 5.41) is 1.21. The lowest BCUT2D eigenvalue weighted by atomic mass is 9.78. The second-order valence-corrected chi connectivity index (χ2v) is 12.9. The van der Waals surface area contributed by atoms with Crippen LogP contribution in [-0.2, 0) is 5.54 Å². The van der Waals surface area contributed by atoms with E-state index < -0.39 is 11.6 Å². The van der Waals surface area contributed by atoms with Crippen molar-refractivity contribution < 1.29 is 19.1 Å². The Bertz CT molecular complexity index is 1590. The van der Waals surface area contributed by atoms with Crippen molar-refractivity contribution in [1.29, 1.82) is 0 Å². The van der Waals surface area contributed by atoms with Crippen LogP contribution in [0, 0.1) is 0 Å². The Hall–Kier alpha value is -3.95. The number of methoxy groups -OCH3 is 1. The molecule has 11 heteroatoms. The summed E-state index contributed by atoms with van der Waals surface area (Å²) in [6, 6.07) is 20.0. The number of urea groups is 2. The fourth-order valence-electron chi connectivity index (χ4n) is 6.23. The molecule has 46 heavy (non-hydrogen) atoms. The van der Waals surface area contributed by atoms with Gasteiger partial charge in [0.2, 0.25) is 0 Å². The molecule has 0 aromatic heterocycles. The van der Waals surface area contributed by atoms with E-state index in [1.807, 2.05) is 80.6 Å². The molecule has 2 aliphatic heterocycles. The van der Waals surface area contributed by atoms with E-state index in [1.165, 1.54) is 0 Å². The van der Waals surface area contributed by atoms with Gasteiger partial charge in [0.05, 0.1) is 24.8 Å². The van der Waals surface area contributed by atoms with E-state index in [4.69, 9.17) is 37.7 Å². The summed E-state index contributed by atoms with van der Waals surface area (Å²) in [5.41, 5.74) is 1.61. The van der Waals surface area contributed by atoms with Gasteiger partial charge in [0.25, 0.3) is 0 Å². The molecule has 0 saturated carbocycles. The number of hydrogen-bond donors (Lipinski definition) is 0. The second kappa shape index (κ2) is 13.8. The van der Waals surface area contributed by atoms with Crippen molar-refractivity contribution in [2.45, 2.75) is 44.9 Å². The van der Waals surface area contributed by atoms with Crippen molar-refractivity contribution >= 4 is 41.1 Å². The van der Waals surface area contributed by atoms with Crippen molar-refractivity contribution in [3.05, 3.63) is 93.5 Å². The molecule has 0 radical (unpaired) electrons. The van der Waals surface area contributed by atoms with Crippen molar-refractivity contribution in [2.24, 2.45) is 4.99 Å². The van der Waals surface area contributed by atoms with Crippen LogP contribution in [-0.4, -0.2) is 91.0 Å². The van der Waals surface area contributed by atoms with Crippen molar-refractivity contribution in [3.8, 4) is 11.5 Å². The molecule has 0 aliphatic carbocycles. The normalized spacial score (nSPS) is 19.7. The Morgan fingerprint density at radius 1 is 0.935 bits per heavy atom. The molecule has 2 atom stereocenters. The first kappa shape index (κ1) is 33.4. The second-order valence-electron chi connectivity index (χ2n) is 12.0. The number of carbonyl (C=O) groups is 2. The van der Waals surface area contributed by atoms with Gasteiger partial charge in [-0.15, -0.1) is 0 Å². The minimum Gasteiger partial charge on any atom is -0.497 e. The summed E-state index contributed by atoms with van der Waals surface area (Å²) in [5.74, 6) is 1.68. The lowest BCUT2D eigenvalue weighted by molar-refractivity contribution is 0.111. The van der Waals surface area contributed by atoms with Crippen LogP contribution in [0.5, 0.6) is 11.5 Å². The lowest BCUT2D eigenvalue weighted by Crippen LogP contribution is -2.57. The summed E-state index contributed by atoms with van der Waals surface area (Å²) in [6.45, 7) is 7.61. The first-order chi connectivity index (χ1) is 22.0. The monoisotopic (exact) mass is 665 g/mol. The van der Waals surface area contributed by atoms with Gasteiger partial charge in [-0.2, -0.15) is 0 Å². The number of amidine groups is 1. The average Bonchev–Trinajstić information content (AvgIpc) is 3.40. The molecule has 0 spiro atoms. The predicted molar refractivity (Wildman–Crippen MR) is 182 cm³/mol. The van der Waals surface area contributed by atoms with E-state index in [9.17, 15) is 9.59 Å². The predicted octanol–water partition coefficient (Wildman–Crippen LogP) is 7.32. The van der Waals surface area contributed by atoms with E-state index >= 15 is 0 Å². The van der Waals surface area contributed by atoms with Crippen molar-refractivity contribution in [2.75, 3.05) is 47.4 Å². The number of amides is 4. The highest BCUT2D eigenvalue weighted by Crippen LogP contribution is 2.52. The molecule has 2 heterocycles. The van der Waals surface area contributed by atoms with Gasteiger partial charge in [-0.05, 0) is 67.8 Å². The lowest BCUT2D eigenvalue weighted by Gasteiger charge is -2.41. The summed E-state index contributed by atoms with van der Waals surface area (Å²) >= 11 is 12.7. The maximum atomic E-state index is 14.9. The SMILES string of the molecule is CCC1(c2ccc(Cl)cc2)N=C(c2ccc(OC)cc2OC(C)C)N(C(=O)N2CCN(C(=O)N(C)C)CC2)C1c1ccc(Cl)cc1.